The Labute approximate surface area is 153 Å². The molecular formula is C18H16FN5OS. The van der Waals surface area contributed by atoms with Crippen molar-refractivity contribution in [2.24, 2.45) is 0 Å². The fourth-order valence-corrected chi connectivity index (χ4v) is 3.64. The number of carbonyl (C=O) groups is 1. The molecule has 0 saturated carbocycles. The normalized spacial score (nSPS) is 11.3. The molecule has 0 unspecified atom stereocenters. The zero-order chi connectivity index (χ0) is 18.1. The molecule has 0 aliphatic heterocycles. The zero-order valence-electron chi connectivity index (χ0n) is 14.0. The summed E-state index contributed by atoms with van der Waals surface area (Å²) in [6.45, 7) is 0.232. The lowest BCUT2D eigenvalue weighted by Gasteiger charge is -2.17. The molecule has 0 atom stereocenters. The number of fused-ring (bicyclic) bond motifs is 3. The van der Waals surface area contributed by atoms with Crippen molar-refractivity contribution in [2.75, 3.05) is 12.8 Å². The number of imidazole rings is 1. The second-order valence-electron chi connectivity index (χ2n) is 5.90. The van der Waals surface area contributed by atoms with Gasteiger partial charge in [-0.15, -0.1) is 5.10 Å². The molecule has 1 N–H and O–H groups in total. The van der Waals surface area contributed by atoms with Crippen LogP contribution < -0.4 is 0 Å². The van der Waals surface area contributed by atoms with Gasteiger partial charge in [0.15, 0.2) is 5.16 Å². The molecule has 2 aromatic heterocycles. The smallest absolute Gasteiger partial charge is 0.233 e. The topological polar surface area (TPSA) is 66.3 Å². The first kappa shape index (κ1) is 16.6. The van der Waals surface area contributed by atoms with Crippen molar-refractivity contribution in [3.8, 4) is 0 Å². The Kier molecular flexibility index (Phi) is 4.34. The van der Waals surface area contributed by atoms with Crippen LogP contribution in [0.25, 0.3) is 16.8 Å². The molecule has 0 fully saturated rings. The van der Waals surface area contributed by atoms with E-state index < -0.39 is 0 Å². The monoisotopic (exact) mass is 369 g/mol. The van der Waals surface area contributed by atoms with E-state index in [1.807, 2.05) is 28.7 Å². The predicted octanol–water partition coefficient (Wildman–Crippen LogP) is 3.10. The van der Waals surface area contributed by atoms with Crippen LogP contribution in [0, 0.1) is 5.82 Å². The molecule has 8 heteroatoms. The van der Waals surface area contributed by atoms with E-state index in [2.05, 4.69) is 15.2 Å². The average molecular weight is 369 g/mol. The van der Waals surface area contributed by atoms with Crippen molar-refractivity contribution in [1.82, 2.24) is 24.5 Å². The van der Waals surface area contributed by atoms with Gasteiger partial charge in [0.1, 0.15) is 5.82 Å². The van der Waals surface area contributed by atoms with Crippen molar-refractivity contribution in [1.29, 1.82) is 0 Å². The summed E-state index contributed by atoms with van der Waals surface area (Å²) in [4.78, 5) is 18.4. The molecule has 0 saturated heterocycles. The van der Waals surface area contributed by atoms with Crippen molar-refractivity contribution in [3.05, 3.63) is 59.9 Å². The summed E-state index contributed by atoms with van der Waals surface area (Å²) in [6, 6.07) is 14.2. The Bertz CT molecular complexity index is 1090. The molecule has 0 bridgehead atoms. The van der Waals surface area contributed by atoms with Crippen LogP contribution in [0.3, 0.4) is 0 Å². The van der Waals surface area contributed by atoms with E-state index in [9.17, 15) is 9.18 Å². The number of nitrogens with zero attached hydrogens (tertiary/aromatic N) is 4. The van der Waals surface area contributed by atoms with E-state index in [1.165, 1.54) is 22.7 Å². The SMILES string of the molecule is CN(Cc1ccccc1F)C(=O)CSc1n[nH]c2nc3ccccc3n12. The molecule has 26 heavy (non-hydrogen) atoms. The number of benzene rings is 2. The first-order chi connectivity index (χ1) is 12.6. The van der Waals surface area contributed by atoms with Gasteiger partial charge in [0.05, 0.1) is 16.8 Å². The number of nitrogens with one attached hydrogen (secondary N) is 1. The van der Waals surface area contributed by atoms with Crippen molar-refractivity contribution in [2.45, 2.75) is 11.7 Å². The minimum atomic E-state index is -0.307. The predicted molar refractivity (Wildman–Crippen MR) is 98.4 cm³/mol. The van der Waals surface area contributed by atoms with E-state index in [1.54, 1.807) is 25.2 Å². The van der Waals surface area contributed by atoms with Crippen LogP contribution in [0.1, 0.15) is 5.56 Å². The van der Waals surface area contributed by atoms with Gasteiger partial charge in [-0.1, -0.05) is 42.1 Å². The van der Waals surface area contributed by atoms with Gasteiger partial charge in [0.25, 0.3) is 0 Å². The van der Waals surface area contributed by atoms with Crippen molar-refractivity contribution < 1.29 is 9.18 Å². The number of aromatic amines is 1. The lowest BCUT2D eigenvalue weighted by molar-refractivity contribution is -0.127. The van der Waals surface area contributed by atoms with Crippen LogP contribution in [-0.2, 0) is 11.3 Å². The number of rotatable bonds is 5. The molecule has 2 aromatic carbocycles. The lowest BCUT2D eigenvalue weighted by Crippen LogP contribution is -2.28. The fraction of sp³-hybridized carbons (Fsp3) is 0.167. The van der Waals surface area contributed by atoms with Gasteiger partial charge in [-0.3, -0.25) is 9.20 Å². The number of amides is 1. The van der Waals surface area contributed by atoms with Gasteiger partial charge in [-0.2, -0.15) is 0 Å². The standard InChI is InChI=1S/C18H16FN5OS/c1-23(10-12-6-2-3-7-13(12)19)16(25)11-26-18-22-21-17-20-14-8-4-5-9-15(14)24(17)18/h2-9H,10-11H2,1H3,(H,20,21). The van der Waals surface area contributed by atoms with Crippen LogP contribution >= 0.6 is 11.8 Å². The number of hydrogen-bond donors (Lipinski definition) is 1. The second kappa shape index (κ2) is 6.80. The van der Waals surface area contributed by atoms with Crippen LogP contribution in [0.15, 0.2) is 53.7 Å². The Morgan fingerprint density at radius 2 is 2.00 bits per heavy atom. The van der Waals surface area contributed by atoms with E-state index in [-0.39, 0.29) is 24.0 Å². The maximum absolute atomic E-state index is 13.7. The molecule has 4 rings (SSSR count). The second-order valence-corrected chi connectivity index (χ2v) is 6.84. The summed E-state index contributed by atoms with van der Waals surface area (Å²) in [5, 5.41) is 7.79. The molecule has 0 spiro atoms. The summed E-state index contributed by atoms with van der Waals surface area (Å²) in [5.74, 6) is 0.440. The minimum Gasteiger partial charge on any atom is -0.341 e. The Morgan fingerprint density at radius 1 is 1.23 bits per heavy atom. The van der Waals surface area contributed by atoms with E-state index in [4.69, 9.17) is 0 Å². The molecule has 0 aliphatic carbocycles. The minimum absolute atomic E-state index is 0.0983. The summed E-state index contributed by atoms with van der Waals surface area (Å²) in [6.07, 6.45) is 0. The van der Waals surface area contributed by atoms with E-state index >= 15 is 0 Å². The first-order valence-electron chi connectivity index (χ1n) is 8.05. The molecule has 2 heterocycles. The number of carbonyl (C=O) groups excluding carboxylic acids is 1. The third-order valence-corrected chi connectivity index (χ3v) is 5.04. The van der Waals surface area contributed by atoms with Gasteiger partial charge in [-0.05, 0) is 18.2 Å². The van der Waals surface area contributed by atoms with E-state index in [0.29, 0.717) is 16.5 Å². The Morgan fingerprint density at radius 3 is 2.85 bits per heavy atom. The number of hydrogen-bond acceptors (Lipinski definition) is 4. The maximum atomic E-state index is 13.7. The van der Waals surface area contributed by atoms with Gasteiger partial charge in [0, 0.05) is 19.2 Å². The summed E-state index contributed by atoms with van der Waals surface area (Å²) < 4.78 is 15.6. The number of para-hydroxylation sites is 2. The van der Waals surface area contributed by atoms with Crippen LogP contribution in [-0.4, -0.2) is 43.2 Å². The van der Waals surface area contributed by atoms with Crippen LogP contribution in [0.4, 0.5) is 4.39 Å². The fourth-order valence-electron chi connectivity index (χ4n) is 2.75. The van der Waals surface area contributed by atoms with Crippen molar-refractivity contribution >= 4 is 34.5 Å². The summed E-state index contributed by atoms with van der Waals surface area (Å²) in [5.41, 5.74) is 2.30. The van der Waals surface area contributed by atoms with Gasteiger partial charge in [-0.25, -0.2) is 14.5 Å². The van der Waals surface area contributed by atoms with Gasteiger partial charge in [0.2, 0.25) is 11.7 Å². The molecule has 6 nitrogen and oxygen atoms in total. The highest BCUT2D eigenvalue weighted by Gasteiger charge is 2.16. The van der Waals surface area contributed by atoms with Crippen LogP contribution in [0.5, 0.6) is 0 Å². The average Bonchev–Trinajstić information content (AvgIpc) is 3.20. The first-order valence-corrected chi connectivity index (χ1v) is 9.04. The van der Waals surface area contributed by atoms with Crippen LogP contribution in [0.2, 0.25) is 0 Å². The zero-order valence-corrected chi connectivity index (χ0v) is 14.8. The molecular weight excluding hydrogens is 353 g/mol. The number of thioether (sulfide) groups is 1. The maximum Gasteiger partial charge on any atom is 0.233 e. The number of aromatic nitrogens is 4. The third-order valence-electron chi connectivity index (χ3n) is 4.12. The summed E-state index contributed by atoms with van der Waals surface area (Å²) in [7, 11) is 1.67. The van der Waals surface area contributed by atoms with E-state index in [0.717, 1.165) is 11.0 Å². The quantitative estimate of drug-likeness (QED) is 0.549. The lowest BCUT2D eigenvalue weighted by atomic mass is 10.2. The molecule has 132 valence electrons. The third kappa shape index (κ3) is 3.03. The molecule has 0 radical (unpaired) electrons. The van der Waals surface area contributed by atoms with Gasteiger partial charge < -0.3 is 4.90 Å². The highest BCUT2D eigenvalue weighted by Crippen LogP contribution is 2.23. The van der Waals surface area contributed by atoms with Crippen molar-refractivity contribution in [3.63, 3.8) is 0 Å². The largest absolute Gasteiger partial charge is 0.341 e. The number of H-pyrrole nitrogens is 1. The molecule has 1 amide bonds. The van der Waals surface area contributed by atoms with Gasteiger partial charge >= 0.3 is 0 Å². The highest BCUT2D eigenvalue weighted by molar-refractivity contribution is 7.99. The Hall–Kier alpha value is -2.87. The summed E-state index contributed by atoms with van der Waals surface area (Å²) >= 11 is 1.32. The highest BCUT2D eigenvalue weighted by atomic mass is 32.2. The molecule has 4 aromatic rings. The number of halogens is 1. The Balaban J connectivity index is 1.47. The molecule has 0 aliphatic rings.